The van der Waals surface area contributed by atoms with E-state index in [0.717, 1.165) is 0 Å². The van der Waals surface area contributed by atoms with Gasteiger partial charge < -0.3 is 19.9 Å². The van der Waals surface area contributed by atoms with Crippen LogP contribution in [0.3, 0.4) is 0 Å². The molecule has 0 bridgehead atoms. The Labute approximate surface area is 129 Å². The SMILES string of the molecule is CC(C)(C)OC(=O)N[C@H](C(=O)O)C(S)C(=O)OC(C)(C)C. The third-order valence-corrected chi connectivity index (χ3v) is 2.41. The molecule has 0 aromatic rings. The molecule has 0 aromatic carbocycles. The van der Waals surface area contributed by atoms with Crippen LogP contribution in [-0.4, -0.2) is 45.6 Å². The molecular weight excluding hydrogens is 298 g/mol. The largest absolute Gasteiger partial charge is 0.480 e. The van der Waals surface area contributed by atoms with Gasteiger partial charge in [-0.05, 0) is 41.5 Å². The van der Waals surface area contributed by atoms with Crippen LogP contribution in [0.2, 0.25) is 0 Å². The van der Waals surface area contributed by atoms with E-state index in [0.29, 0.717) is 0 Å². The number of carbonyl (C=O) groups excluding carboxylic acids is 2. The van der Waals surface area contributed by atoms with E-state index in [1.807, 2.05) is 0 Å². The Morgan fingerprint density at radius 1 is 1.00 bits per heavy atom. The van der Waals surface area contributed by atoms with Gasteiger partial charge in [0.15, 0.2) is 6.04 Å². The molecule has 0 spiro atoms. The Kier molecular flexibility index (Phi) is 6.54. The Bertz CT molecular complexity index is 410. The maximum absolute atomic E-state index is 11.8. The highest BCUT2D eigenvalue weighted by Gasteiger charge is 2.36. The molecule has 0 aromatic heterocycles. The van der Waals surface area contributed by atoms with Gasteiger partial charge in [0.1, 0.15) is 16.5 Å². The average molecular weight is 321 g/mol. The van der Waals surface area contributed by atoms with Gasteiger partial charge in [0.25, 0.3) is 0 Å². The quantitative estimate of drug-likeness (QED) is 0.537. The summed E-state index contributed by atoms with van der Waals surface area (Å²) in [5.41, 5.74) is -1.57. The molecule has 7 nitrogen and oxygen atoms in total. The van der Waals surface area contributed by atoms with Crippen LogP contribution in [-0.2, 0) is 19.1 Å². The van der Waals surface area contributed by atoms with Crippen LogP contribution in [0.5, 0.6) is 0 Å². The number of carboxylic acid groups (broad SMARTS) is 1. The van der Waals surface area contributed by atoms with Crippen molar-refractivity contribution in [2.75, 3.05) is 0 Å². The van der Waals surface area contributed by atoms with Crippen LogP contribution in [0, 0.1) is 0 Å². The van der Waals surface area contributed by atoms with Crippen molar-refractivity contribution in [2.24, 2.45) is 0 Å². The molecule has 2 atom stereocenters. The zero-order chi connectivity index (χ0) is 17.0. The van der Waals surface area contributed by atoms with E-state index < -0.39 is 40.5 Å². The topological polar surface area (TPSA) is 102 Å². The van der Waals surface area contributed by atoms with Crippen molar-refractivity contribution in [3.8, 4) is 0 Å². The van der Waals surface area contributed by atoms with E-state index in [4.69, 9.17) is 14.6 Å². The van der Waals surface area contributed by atoms with Crippen LogP contribution in [0.15, 0.2) is 0 Å². The van der Waals surface area contributed by atoms with Gasteiger partial charge >= 0.3 is 18.0 Å². The molecule has 1 unspecified atom stereocenters. The van der Waals surface area contributed by atoms with Crippen molar-refractivity contribution in [2.45, 2.75) is 64.0 Å². The fourth-order valence-electron chi connectivity index (χ4n) is 1.21. The van der Waals surface area contributed by atoms with Crippen LogP contribution >= 0.6 is 12.6 Å². The maximum Gasteiger partial charge on any atom is 0.408 e. The van der Waals surface area contributed by atoms with Crippen molar-refractivity contribution in [1.82, 2.24) is 5.32 Å². The van der Waals surface area contributed by atoms with Crippen molar-refractivity contribution >= 4 is 30.7 Å². The van der Waals surface area contributed by atoms with Crippen molar-refractivity contribution < 1.29 is 29.0 Å². The Morgan fingerprint density at radius 3 is 1.76 bits per heavy atom. The molecule has 0 radical (unpaired) electrons. The second-order valence-corrected chi connectivity index (χ2v) is 7.00. The number of alkyl carbamates (subject to hydrolysis) is 1. The number of amides is 1. The minimum Gasteiger partial charge on any atom is -0.480 e. The molecule has 0 fully saturated rings. The molecule has 0 aliphatic rings. The third kappa shape index (κ3) is 8.44. The summed E-state index contributed by atoms with van der Waals surface area (Å²) in [6.07, 6.45) is -0.947. The summed E-state index contributed by atoms with van der Waals surface area (Å²) in [5.74, 6) is -2.25. The molecule has 0 aliphatic carbocycles. The fraction of sp³-hybridized carbons (Fsp3) is 0.769. The Morgan fingerprint density at radius 2 is 1.43 bits per heavy atom. The lowest BCUT2D eigenvalue weighted by Gasteiger charge is -2.26. The number of thiol groups is 1. The highest BCUT2D eigenvalue weighted by Crippen LogP contribution is 2.14. The predicted octanol–water partition coefficient (Wildman–Crippen LogP) is 1.60. The summed E-state index contributed by atoms with van der Waals surface area (Å²) in [6.45, 7) is 9.82. The van der Waals surface area contributed by atoms with Gasteiger partial charge in [0.05, 0.1) is 0 Å². The molecule has 0 saturated carbocycles. The van der Waals surface area contributed by atoms with Gasteiger partial charge in [0, 0.05) is 0 Å². The van der Waals surface area contributed by atoms with E-state index >= 15 is 0 Å². The number of hydrogen-bond donors (Lipinski definition) is 3. The first-order valence-corrected chi connectivity index (χ1v) is 6.88. The first kappa shape index (κ1) is 19.6. The monoisotopic (exact) mass is 321 g/mol. The van der Waals surface area contributed by atoms with E-state index in [2.05, 4.69) is 17.9 Å². The van der Waals surface area contributed by atoms with Crippen molar-refractivity contribution in [3.63, 3.8) is 0 Å². The molecule has 0 saturated heterocycles. The summed E-state index contributed by atoms with van der Waals surface area (Å²) in [6, 6.07) is -1.56. The lowest BCUT2D eigenvalue weighted by Crippen LogP contribution is -2.51. The van der Waals surface area contributed by atoms with Crippen LogP contribution in [0.4, 0.5) is 4.79 Å². The molecule has 0 rings (SSSR count). The van der Waals surface area contributed by atoms with Gasteiger partial charge in [-0.3, -0.25) is 4.79 Å². The van der Waals surface area contributed by atoms with Gasteiger partial charge in [-0.15, -0.1) is 0 Å². The van der Waals surface area contributed by atoms with Gasteiger partial charge in [-0.1, -0.05) is 0 Å². The summed E-state index contributed by atoms with van der Waals surface area (Å²) in [7, 11) is 0. The van der Waals surface area contributed by atoms with E-state index in [-0.39, 0.29) is 0 Å². The smallest absolute Gasteiger partial charge is 0.408 e. The minimum absolute atomic E-state index is 0.785. The molecular formula is C13H23NO6S. The Hall–Kier alpha value is -1.44. The van der Waals surface area contributed by atoms with Gasteiger partial charge in [-0.2, -0.15) is 12.6 Å². The number of nitrogens with one attached hydrogen (secondary N) is 1. The molecule has 21 heavy (non-hydrogen) atoms. The zero-order valence-corrected chi connectivity index (χ0v) is 14.0. The van der Waals surface area contributed by atoms with E-state index in [1.54, 1.807) is 41.5 Å². The lowest BCUT2D eigenvalue weighted by molar-refractivity contribution is -0.157. The molecule has 8 heteroatoms. The van der Waals surface area contributed by atoms with Crippen LogP contribution < -0.4 is 5.32 Å². The molecule has 0 aliphatic heterocycles. The first-order valence-electron chi connectivity index (χ1n) is 6.36. The second-order valence-electron chi connectivity index (χ2n) is 6.44. The first-order chi connectivity index (χ1) is 9.23. The van der Waals surface area contributed by atoms with E-state index in [1.165, 1.54) is 0 Å². The molecule has 2 N–H and O–H groups in total. The number of hydrogen-bond acceptors (Lipinski definition) is 6. The molecule has 122 valence electrons. The number of aliphatic carboxylic acids is 1. The van der Waals surface area contributed by atoms with Gasteiger partial charge in [0.2, 0.25) is 0 Å². The molecule has 0 heterocycles. The summed E-state index contributed by atoms with van der Waals surface area (Å²) in [5, 5.41) is 9.86. The molecule has 1 amide bonds. The van der Waals surface area contributed by atoms with Crippen molar-refractivity contribution in [1.29, 1.82) is 0 Å². The normalized spacial score (nSPS) is 14.8. The number of carboxylic acids is 1. The number of rotatable bonds is 4. The third-order valence-electron chi connectivity index (χ3n) is 1.90. The second kappa shape index (κ2) is 7.02. The lowest BCUT2D eigenvalue weighted by atomic mass is 10.1. The summed E-state index contributed by atoms with van der Waals surface area (Å²) >= 11 is 3.93. The summed E-state index contributed by atoms with van der Waals surface area (Å²) in [4.78, 5) is 34.6. The number of ether oxygens (including phenoxy) is 2. The highest BCUT2D eigenvalue weighted by molar-refractivity contribution is 7.81. The number of carbonyl (C=O) groups is 3. The van der Waals surface area contributed by atoms with Crippen LogP contribution in [0.1, 0.15) is 41.5 Å². The van der Waals surface area contributed by atoms with Gasteiger partial charge in [-0.25, -0.2) is 9.59 Å². The minimum atomic E-state index is -1.56. The highest BCUT2D eigenvalue weighted by atomic mass is 32.1. The standard InChI is InChI=1S/C13H23NO6S/c1-12(2,3)19-10(17)8(21)7(9(15)16)14-11(18)20-13(4,5)6/h7-8,21H,1-6H3,(H,14,18)(H,15,16)/t7-,8?/m0/s1. The zero-order valence-electron chi connectivity index (χ0n) is 13.1. The average Bonchev–Trinajstić information content (AvgIpc) is 2.19. The maximum atomic E-state index is 11.8. The van der Waals surface area contributed by atoms with Crippen molar-refractivity contribution in [3.05, 3.63) is 0 Å². The predicted molar refractivity (Wildman–Crippen MR) is 79.4 cm³/mol. The van der Waals surface area contributed by atoms with Crippen LogP contribution in [0.25, 0.3) is 0 Å². The van der Waals surface area contributed by atoms with E-state index in [9.17, 15) is 14.4 Å². The number of esters is 1. The summed E-state index contributed by atoms with van der Waals surface area (Å²) < 4.78 is 9.99. The fourth-order valence-corrected chi connectivity index (χ4v) is 1.46. The Balaban J connectivity index is 4.87.